The molecule has 3 atom stereocenters. The number of hydrogen-bond acceptors (Lipinski definition) is 7. The van der Waals surface area contributed by atoms with Crippen LogP contribution >= 0.6 is 0 Å². The van der Waals surface area contributed by atoms with Gasteiger partial charge in [0.1, 0.15) is 12.1 Å². The highest BCUT2D eigenvalue weighted by atomic mass is 16.6. The molecule has 3 fully saturated rings. The fourth-order valence-electron chi connectivity index (χ4n) is 5.93. The van der Waals surface area contributed by atoms with Gasteiger partial charge in [-0.2, -0.15) is 0 Å². The second kappa shape index (κ2) is 9.17. The zero-order chi connectivity index (χ0) is 27.4. The van der Waals surface area contributed by atoms with Gasteiger partial charge in [0.05, 0.1) is 0 Å². The minimum Gasteiger partial charge on any atom is -0.444 e. The predicted molar refractivity (Wildman–Crippen MR) is 134 cm³/mol. The van der Waals surface area contributed by atoms with Gasteiger partial charge in [0.15, 0.2) is 0 Å². The normalized spacial score (nSPS) is 25.9. The Kier molecular flexibility index (Phi) is 6.23. The number of fused-ring (bicyclic) bond motifs is 4. The summed E-state index contributed by atoms with van der Waals surface area (Å²) < 4.78 is 11.1. The van der Waals surface area contributed by atoms with Gasteiger partial charge in [-0.1, -0.05) is 6.07 Å². The Morgan fingerprint density at radius 2 is 1.82 bits per heavy atom. The van der Waals surface area contributed by atoms with Gasteiger partial charge in [-0.3, -0.25) is 9.59 Å². The van der Waals surface area contributed by atoms with Crippen LogP contribution in [0.1, 0.15) is 51.2 Å². The van der Waals surface area contributed by atoms with E-state index in [0.717, 1.165) is 23.3 Å². The van der Waals surface area contributed by atoms with Crippen LogP contribution < -0.4 is 10.6 Å². The third-order valence-electron chi connectivity index (χ3n) is 7.56. The topological polar surface area (TPSA) is 138 Å². The van der Waals surface area contributed by atoms with E-state index in [4.69, 9.17) is 9.47 Å². The van der Waals surface area contributed by atoms with E-state index >= 15 is 0 Å². The number of nitrogens with one attached hydrogen (secondary N) is 2. The van der Waals surface area contributed by atoms with Crippen molar-refractivity contribution in [3.63, 3.8) is 0 Å². The number of carbonyl (C=O) groups excluding carboxylic acids is 5. The predicted octanol–water partition coefficient (Wildman–Crippen LogP) is 2.17. The van der Waals surface area contributed by atoms with Gasteiger partial charge in [-0.15, -0.1) is 0 Å². The van der Waals surface area contributed by atoms with Crippen molar-refractivity contribution in [1.29, 1.82) is 0 Å². The monoisotopic (exact) mass is 527 g/mol. The molecule has 1 spiro atoms. The highest BCUT2D eigenvalue weighted by molar-refractivity contribution is 6.06. The summed E-state index contributed by atoms with van der Waals surface area (Å²) in [5.74, 6) is -0.895. The lowest BCUT2D eigenvalue weighted by Gasteiger charge is -2.41. The number of aryl methyl sites for hydroxylation is 1. The molecular formula is C26H33N5O7. The van der Waals surface area contributed by atoms with Crippen LogP contribution in [0.4, 0.5) is 20.1 Å². The fourth-order valence-corrected chi connectivity index (χ4v) is 5.93. The fraction of sp³-hybridized carbons (Fsp3) is 0.577. The molecule has 1 aromatic rings. The number of carbonyl (C=O) groups is 5. The molecular weight excluding hydrogens is 494 g/mol. The van der Waals surface area contributed by atoms with Gasteiger partial charge in [-0.05, 0) is 57.7 Å². The molecule has 204 valence electrons. The van der Waals surface area contributed by atoms with Crippen molar-refractivity contribution in [3.05, 3.63) is 29.3 Å². The molecule has 6 amide bonds. The van der Waals surface area contributed by atoms with Crippen molar-refractivity contribution >= 4 is 35.7 Å². The van der Waals surface area contributed by atoms with Crippen LogP contribution in [-0.4, -0.2) is 89.1 Å². The Bertz CT molecular complexity index is 1200. The average Bonchev–Trinajstić information content (AvgIpc) is 3.42. The lowest BCUT2D eigenvalue weighted by molar-refractivity contribution is -0.144. The third kappa shape index (κ3) is 4.41. The van der Waals surface area contributed by atoms with Gasteiger partial charge in [0.2, 0.25) is 11.5 Å². The van der Waals surface area contributed by atoms with E-state index in [1.165, 1.54) is 7.05 Å². The summed E-state index contributed by atoms with van der Waals surface area (Å²) in [6, 6.07) is 4.32. The number of hydrogen-bond donors (Lipinski definition) is 2. The second-order valence-electron chi connectivity index (χ2n) is 11.2. The molecule has 38 heavy (non-hydrogen) atoms. The minimum absolute atomic E-state index is 0.199. The third-order valence-corrected chi connectivity index (χ3v) is 7.56. The van der Waals surface area contributed by atoms with Crippen molar-refractivity contribution < 1.29 is 33.4 Å². The summed E-state index contributed by atoms with van der Waals surface area (Å²) in [6.07, 6.45) is 0.964. The molecule has 3 aliphatic heterocycles. The minimum atomic E-state index is -1.47. The Hall–Kier alpha value is -3.83. The van der Waals surface area contributed by atoms with Crippen LogP contribution in [-0.2, 0) is 31.1 Å². The lowest BCUT2D eigenvalue weighted by atomic mass is 9.94. The average molecular weight is 528 g/mol. The van der Waals surface area contributed by atoms with Gasteiger partial charge in [0, 0.05) is 49.9 Å². The van der Waals surface area contributed by atoms with E-state index in [0.29, 0.717) is 30.8 Å². The molecule has 12 nitrogen and oxygen atoms in total. The first-order valence-corrected chi connectivity index (χ1v) is 12.9. The summed E-state index contributed by atoms with van der Waals surface area (Å²) in [7, 11) is 1.51. The Morgan fingerprint density at radius 3 is 2.45 bits per heavy atom. The van der Waals surface area contributed by atoms with E-state index in [9.17, 15) is 24.0 Å². The van der Waals surface area contributed by atoms with E-state index < -0.39 is 35.8 Å². The number of piperazine rings is 1. The molecule has 5 rings (SSSR count). The molecule has 1 aromatic carbocycles. The Balaban J connectivity index is 1.27. The summed E-state index contributed by atoms with van der Waals surface area (Å²) in [5.41, 5.74) is -0.155. The SMILES string of the molecule is CNC(=O)Nc1ccc2c(c1)CC[C@@]21OC(=O)N(CC(=O)N2C3CCC2CN(C(=O)OC(C)(C)C)C3)C1=O. The first kappa shape index (κ1) is 25.8. The van der Waals surface area contributed by atoms with E-state index in [-0.39, 0.29) is 30.4 Å². The zero-order valence-electron chi connectivity index (χ0n) is 22.0. The number of ether oxygens (including phenoxy) is 2. The van der Waals surface area contributed by atoms with Crippen LogP contribution in [0.3, 0.4) is 0 Å². The zero-order valence-corrected chi connectivity index (χ0v) is 22.0. The van der Waals surface area contributed by atoms with Crippen molar-refractivity contribution in [2.45, 2.75) is 69.7 Å². The highest BCUT2D eigenvalue weighted by Gasteiger charge is 2.59. The Labute approximate surface area is 220 Å². The second-order valence-corrected chi connectivity index (χ2v) is 11.2. The Morgan fingerprint density at radius 1 is 1.13 bits per heavy atom. The van der Waals surface area contributed by atoms with E-state index in [1.807, 2.05) is 20.8 Å². The smallest absolute Gasteiger partial charge is 0.418 e. The first-order valence-electron chi connectivity index (χ1n) is 12.9. The van der Waals surface area contributed by atoms with Gasteiger partial charge >= 0.3 is 18.2 Å². The maximum atomic E-state index is 13.5. The molecule has 3 saturated heterocycles. The molecule has 2 bridgehead atoms. The number of amides is 6. The summed E-state index contributed by atoms with van der Waals surface area (Å²) >= 11 is 0. The van der Waals surface area contributed by atoms with Crippen LogP contribution in [0.5, 0.6) is 0 Å². The number of urea groups is 1. The number of rotatable bonds is 3. The molecule has 3 heterocycles. The highest BCUT2D eigenvalue weighted by Crippen LogP contribution is 2.46. The molecule has 0 radical (unpaired) electrons. The molecule has 0 aromatic heterocycles. The van der Waals surface area contributed by atoms with Crippen molar-refractivity contribution in [2.75, 3.05) is 32.0 Å². The van der Waals surface area contributed by atoms with Crippen molar-refractivity contribution in [1.82, 2.24) is 20.0 Å². The number of imide groups is 1. The number of nitrogens with zero attached hydrogens (tertiary/aromatic N) is 3. The summed E-state index contributed by atoms with van der Waals surface area (Å²) in [6.45, 7) is 5.70. The summed E-state index contributed by atoms with van der Waals surface area (Å²) in [4.78, 5) is 68.2. The molecule has 4 aliphatic rings. The first-order chi connectivity index (χ1) is 17.9. The van der Waals surface area contributed by atoms with E-state index in [2.05, 4.69) is 10.6 Å². The van der Waals surface area contributed by atoms with Crippen LogP contribution in [0.15, 0.2) is 18.2 Å². The molecule has 0 saturated carbocycles. The number of likely N-dealkylation sites (tertiary alicyclic amines) is 1. The maximum absolute atomic E-state index is 13.5. The molecule has 2 N–H and O–H groups in total. The standard InChI is InChI=1S/C26H33N5O7/c1-25(2,3)37-23(35)29-12-17-6-7-18(13-29)31(17)20(32)14-30-21(33)26(38-24(30)36)10-9-15-11-16(5-8-19(15)26)28-22(34)27-4/h5,8,11,17-18H,6-7,9-10,12-14H2,1-4H3,(H2,27,28,34)/t17?,18?,26-/m1/s1. The lowest BCUT2D eigenvalue weighted by Crippen LogP contribution is -2.59. The van der Waals surface area contributed by atoms with Gasteiger partial charge < -0.3 is 29.9 Å². The quantitative estimate of drug-likeness (QED) is 0.615. The van der Waals surface area contributed by atoms with Crippen molar-refractivity contribution in [2.24, 2.45) is 0 Å². The largest absolute Gasteiger partial charge is 0.444 e. The maximum Gasteiger partial charge on any atom is 0.418 e. The van der Waals surface area contributed by atoms with Crippen LogP contribution in [0.25, 0.3) is 0 Å². The molecule has 12 heteroatoms. The number of anilines is 1. The van der Waals surface area contributed by atoms with Crippen molar-refractivity contribution in [3.8, 4) is 0 Å². The van der Waals surface area contributed by atoms with Crippen LogP contribution in [0.2, 0.25) is 0 Å². The van der Waals surface area contributed by atoms with Gasteiger partial charge in [0.25, 0.3) is 5.91 Å². The van der Waals surface area contributed by atoms with Crippen LogP contribution in [0, 0.1) is 0 Å². The number of benzene rings is 1. The molecule has 1 aliphatic carbocycles. The molecule has 2 unspecified atom stereocenters. The van der Waals surface area contributed by atoms with E-state index in [1.54, 1.807) is 28.0 Å². The summed E-state index contributed by atoms with van der Waals surface area (Å²) in [5, 5.41) is 5.17. The van der Waals surface area contributed by atoms with Gasteiger partial charge in [-0.25, -0.2) is 19.3 Å².